The number of carbonyl (C=O) groups is 1. The number of benzene rings is 2. The maximum absolute atomic E-state index is 12.0. The molecule has 0 aliphatic carbocycles. The highest BCUT2D eigenvalue weighted by Crippen LogP contribution is 2.27. The van der Waals surface area contributed by atoms with Crippen molar-refractivity contribution in [1.82, 2.24) is 0 Å². The molecule has 92 valence electrons. The Morgan fingerprint density at radius 2 is 1.94 bits per heavy atom. The molecule has 18 heavy (non-hydrogen) atoms. The van der Waals surface area contributed by atoms with E-state index in [1.165, 1.54) is 12.1 Å². The summed E-state index contributed by atoms with van der Waals surface area (Å²) in [6.45, 7) is 0. The van der Waals surface area contributed by atoms with Crippen LogP contribution in [-0.2, 0) is 0 Å². The lowest BCUT2D eigenvalue weighted by molar-refractivity contribution is 0.102. The maximum atomic E-state index is 12.0. The van der Waals surface area contributed by atoms with Crippen molar-refractivity contribution in [2.24, 2.45) is 0 Å². The fraction of sp³-hybridized carbons (Fsp3) is 0. The van der Waals surface area contributed by atoms with E-state index in [0.29, 0.717) is 15.7 Å². The van der Waals surface area contributed by atoms with Gasteiger partial charge in [0, 0.05) is 10.5 Å². The Balaban J connectivity index is 2.24. The van der Waals surface area contributed by atoms with Gasteiger partial charge in [-0.1, -0.05) is 23.7 Å². The molecular weight excluding hydrogens is 318 g/mol. The molecule has 0 aromatic heterocycles. The van der Waals surface area contributed by atoms with Crippen LogP contribution in [0.25, 0.3) is 0 Å². The molecule has 0 atom stereocenters. The van der Waals surface area contributed by atoms with Crippen LogP contribution in [-0.4, -0.2) is 11.0 Å². The summed E-state index contributed by atoms with van der Waals surface area (Å²) in [5.74, 6) is -0.214. The molecule has 0 unspecified atom stereocenters. The summed E-state index contributed by atoms with van der Waals surface area (Å²) in [6, 6.07) is 11.5. The van der Waals surface area contributed by atoms with E-state index < -0.39 is 0 Å². The van der Waals surface area contributed by atoms with Gasteiger partial charge in [0.15, 0.2) is 0 Å². The van der Waals surface area contributed by atoms with E-state index in [-0.39, 0.29) is 16.7 Å². The van der Waals surface area contributed by atoms with Gasteiger partial charge in [0.2, 0.25) is 0 Å². The van der Waals surface area contributed by atoms with Crippen molar-refractivity contribution in [2.75, 3.05) is 5.32 Å². The number of amides is 1. The number of carbonyl (C=O) groups excluding carboxylic acids is 1. The minimum atomic E-state index is -0.268. The molecule has 2 N–H and O–H groups in total. The van der Waals surface area contributed by atoms with Gasteiger partial charge in [0.25, 0.3) is 5.91 Å². The first-order valence-electron chi connectivity index (χ1n) is 5.12. The molecule has 5 heteroatoms. The van der Waals surface area contributed by atoms with Crippen molar-refractivity contribution < 1.29 is 9.90 Å². The lowest BCUT2D eigenvalue weighted by Crippen LogP contribution is -2.12. The van der Waals surface area contributed by atoms with Gasteiger partial charge in [0.1, 0.15) is 5.75 Å². The molecule has 2 aromatic carbocycles. The molecule has 0 aliphatic heterocycles. The van der Waals surface area contributed by atoms with Gasteiger partial charge in [-0.25, -0.2) is 0 Å². The number of rotatable bonds is 2. The first-order valence-corrected chi connectivity index (χ1v) is 6.29. The molecule has 0 spiro atoms. The predicted molar refractivity (Wildman–Crippen MR) is 75.2 cm³/mol. The van der Waals surface area contributed by atoms with Gasteiger partial charge in [-0.15, -0.1) is 0 Å². The second-order valence-electron chi connectivity index (χ2n) is 3.60. The molecule has 2 rings (SSSR count). The molecule has 0 bridgehead atoms. The van der Waals surface area contributed by atoms with Crippen LogP contribution in [0.2, 0.25) is 5.02 Å². The van der Waals surface area contributed by atoms with Crippen LogP contribution in [0.4, 0.5) is 5.69 Å². The number of anilines is 1. The number of hydrogen-bond acceptors (Lipinski definition) is 2. The number of hydrogen-bond donors (Lipinski definition) is 2. The van der Waals surface area contributed by atoms with Crippen molar-refractivity contribution in [2.45, 2.75) is 0 Å². The maximum Gasteiger partial charge on any atom is 0.256 e. The SMILES string of the molecule is O=C(Nc1ccc(O)cc1Cl)c1ccccc1Br. The lowest BCUT2D eigenvalue weighted by Gasteiger charge is -2.08. The number of phenolic OH excluding ortho intramolecular Hbond substituents is 1. The van der Waals surface area contributed by atoms with Crippen LogP contribution in [0.5, 0.6) is 5.75 Å². The smallest absolute Gasteiger partial charge is 0.256 e. The van der Waals surface area contributed by atoms with Crippen LogP contribution in [0.15, 0.2) is 46.9 Å². The van der Waals surface area contributed by atoms with E-state index in [1.54, 1.807) is 24.3 Å². The fourth-order valence-corrected chi connectivity index (χ4v) is 2.13. The summed E-state index contributed by atoms with van der Waals surface area (Å²) >= 11 is 9.22. The summed E-state index contributed by atoms with van der Waals surface area (Å²) in [5.41, 5.74) is 0.969. The van der Waals surface area contributed by atoms with Crippen LogP contribution < -0.4 is 5.32 Å². The van der Waals surface area contributed by atoms with Crippen LogP contribution in [0, 0.1) is 0 Å². The van der Waals surface area contributed by atoms with E-state index in [9.17, 15) is 9.90 Å². The Bertz CT molecular complexity index is 601. The average Bonchev–Trinajstić information content (AvgIpc) is 2.33. The summed E-state index contributed by atoms with van der Waals surface area (Å²) in [7, 11) is 0. The van der Waals surface area contributed by atoms with Gasteiger partial charge in [0.05, 0.1) is 16.3 Å². The first kappa shape index (κ1) is 12.9. The largest absolute Gasteiger partial charge is 0.508 e. The topological polar surface area (TPSA) is 49.3 Å². The standard InChI is InChI=1S/C13H9BrClNO2/c14-10-4-2-1-3-9(10)13(18)16-12-6-5-8(17)7-11(12)15/h1-7,17H,(H,16,18). The van der Waals surface area contributed by atoms with Gasteiger partial charge in [-0.3, -0.25) is 4.79 Å². The Labute approximate surface area is 118 Å². The highest BCUT2D eigenvalue weighted by atomic mass is 79.9. The highest BCUT2D eigenvalue weighted by Gasteiger charge is 2.11. The minimum Gasteiger partial charge on any atom is -0.508 e. The molecule has 0 aliphatic rings. The summed E-state index contributed by atoms with van der Waals surface area (Å²) < 4.78 is 0.706. The van der Waals surface area contributed by atoms with Gasteiger partial charge >= 0.3 is 0 Å². The van der Waals surface area contributed by atoms with Gasteiger partial charge < -0.3 is 10.4 Å². The molecule has 3 nitrogen and oxygen atoms in total. The van der Waals surface area contributed by atoms with E-state index in [2.05, 4.69) is 21.2 Å². The average molecular weight is 327 g/mol. The predicted octanol–water partition coefficient (Wildman–Crippen LogP) is 4.06. The molecule has 1 amide bonds. The van der Waals surface area contributed by atoms with E-state index in [1.807, 2.05) is 6.07 Å². The van der Waals surface area contributed by atoms with Crippen molar-refractivity contribution in [1.29, 1.82) is 0 Å². The van der Waals surface area contributed by atoms with Crippen LogP contribution in [0.3, 0.4) is 0 Å². The zero-order valence-corrected chi connectivity index (χ0v) is 11.5. The number of aromatic hydroxyl groups is 1. The van der Waals surface area contributed by atoms with Crippen LogP contribution >= 0.6 is 27.5 Å². The number of phenols is 1. The van der Waals surface area contributed by atoms with E-state index >= 15 is 0 Å². The Hall–Kier alpha value is -1.52. The Morgan fingerprint density at radius 3 is 2.61 bits per heavy atom. The van der Waals surface area contributed by atoms with Crippen molar-refractivity contribution in [3.05, 3.63) is 57.5 Å². The Morgan fingerprint density at radius 1 is 1.22 bits per heavy atom. The quantitative estimate of drug-likeness (QED) is 0.818. The summed E-state index contributed by atoms with van der Waals surface area (Å²) in [6.07, 6.45) is 0. The molecule has 0 heterocycles. The van der Waals surface area contributed by atoms with E-state index in [0.717, 1.165) is 0 Å². The first-order chi connectivity index (χ1) is 8.58. The molecule has 0 saturated carbocycles. The summed E-state index contributed by atoms with van der Waals surface area (Å²) in [4.78, 5) is 12.0. The monoisotopic (exact) mass is 325 g/mol. The zero-order chi connectivity index (χ0) is 13.1. The second-order valence-corrected chi connectivity index (χ2v) is 4.86. The molecule has 0 saturated heterocycles. The number of nitrogens with one attached hydrogen (secondary N) is 1. The Kier molecular flexibility index (Phi) is 3.89. The van der Waals surface area contributed by atoms with Crippen molar-refractivity contribution >= 4 is 39.1 Å². The highest BCUT2D eigenvalue weighted by molar-refractivity contribution is 9.10. The fourth-order valence-electron chi connectivity index (χ4n) is 1.44. The van der Waals surface area contributed by atoms with Crippen molar-refractivity contribution in [3.63, 3.8) is 0 Å². The third-order valence-electron chi connectivity index (χ3n) is 2.32. The van der Waals surface area contributed by atoms with Gasteiger partial charge in [-0.2, -0.15) is 0 Å². The van der Waals surface area contributed by atoms with Crippen LogP contribution in [0.1, 0.15) is 10.4 Å². The number of halogens is 2. The summed E-state index contributed by atoms with van der Waals surface area (Å²) in [5, 5.41) is 12.2. The molecule has 2 aromatic rings. The van der Waals surface area contributed by atoms with Gasteiger partial charge in [-0.05, 0) is 40.2 Å². The molecule has 0 fully saturated rings. The van der Waals surface area contributed by atoms with Crippen molar-refractivity contribution in [3.8, 4) is 5.75 Å². The molecular formula is C13H9BrClNO2. The minimum absolute atomic E-state index is 0.0545. The normalized spacial score (nSPS) is 10.1. The van der Waals surface area contributed by atoms with E-state index in [4.69, 9.17) is 11.6 Å². The third kappa shape index (κ3) is 2.83. The lowest BCUT2D eigenvalue weighted by atomic mass is 10.2. The molecule has 0 radical (unpaired) electrons. The zero-order valence-electron chi connectivity index (χ0n) is 9.15. The third-order valence-corrected chi connectivity index (χ3v) is 3.32. The second kappa shape index (κ2) is 5.42.